The number of ether oxygens (including phenoxy) is 3. The molecular weight excluding hydrogens is 356 g/mol. The number of amides is 1. The number of carbonyl (C=O) groups excluding carboxylic acids is 1. The van der Waals surface area contributed by atoms with E-state index in [-0.39, 0.29) is 12.5 Å². The molecule has 2 aromatic rings. The van der Waals surface area contributed by atoms with Crippen LogP contribution in [0.3, 0.4) is 0 Å². The molecule has 0 saturated heterocycles. The molecule has 0 heterocycles. The lowest BCUT2D eigenvalue weighted by Crippen LogP contribution is -2.07. The van der Waals surface area contributed by atoms with E-state index in [4.69, 9.17) is 31.1 Å². The number of hydrogen-bond acceptors (Lipinski definition) is 5. The zero-order valence-corrected chi connectivity index (χ0v) is 15.0. The van der Waals surface area contributed by atoms with Gasteiger partial charge in [-0.3, -0.25) is 4.79 Å². The Balaban J connectivity index is 2.05. The highest BCUT2D eigenvalue weighted by molar-refractivity contribution is 6.32. The number of benzene rings is 2. The molecule has 134 valence electrons. The molecule has 0 spiro atoms. The molecule has 7 heteroatoms. The molecule has 0 bridgehead atoms. The van der Waals surface area contributed by atoms with Crippen molar-refractivity contribution in [3.8, 4) is 23.3 Å². The molecule has 1 N–H and O–H groups in total. The molecule has 6 nitrogen and oxygen atoms in total. The molecule has 0 aliphatic heterocycles. The van der Waals surface area contributed by atoms with Crippen LogP contribution in [-0.4, -0.2) is 26.7 Å². The highest BCUT2D eigenvalue weighted by Crippen LogP contribution is 2.29. The SMILES string of the molecule is COc1ccc(NC(=O)C=Cc2ccc(OCC#N)c(OC)c2)cc1Cl. The third-order valence-electron chi connectivity index (χ3n) is 3.33. The van der Waals surface area contributed by atoms with Crippen molar-refractivity contribution in [2.45, 2.75) is 0 Å². The fourth-order valence-corrected chi connectivity index (χ4v) is 2.37. The maximum atomic E-state index is 12.1. The van der Waals surface area contributed by atoms with Gasteiger partial charge in [0.15, 0.2) is 18.1 Å². The van der Waals surface area contributed by atoms with Gasteiger partial charge in [0.2, 0.25) is 5.91 Å². The lowest BCUT2D eigenvalue weighted by Gasteiger charge is -2.09. The fraction of sp³-hybridized carbons (Fsp3) is 0.158. The van der Waals surface area contributed by atoms with Gasteiger partial charge < -0.3 is 19.5 Å². The second kappa shape index (κ2) is 9.35. The number of halogens is 1. The van der Waals surface area contributed by atoms with E-state index in [9.17, 15) is 4.79 Å². The summed E-state index contributed by atoms with van der Waals surface area (Å²) >= 11 is 6.03. The predicted molar refractivity (Wildman–Crippen MR) is 99.8 cm³/mol. The molecule has 0 saturated carbocycles. The first-order valence-electron chi connectivity index (χ1n) is 7.57. The van der Waals surface area contributed by atoms with Gasteiger partial charge >= 0.3 is 0 Å². The van der Waals surface area contributed by atoms with Gasteiger partial charge in [0.05, 0.1) is 19.2 Å². The average molecular weight is 373 g/mol. The number of nitrogens with one attached hydrogen (secondary N) is 1. The number of nitrogens with zero attached hydrogens (tertiary/aromatic N) is 1. The van der Waals surface area contributed by atoms with Crippen LogP contribution in [0.4, 0.5) is 5.69 Å². The molecule has 2 aromatic carbocycles. The van der Waals surface area contributed by atoms with Crippen LogP contribution in [0.15, 0.2) is 42.5 Å². The zero-order valence-electron chi connectivity index (χ0n) is 14.3. The summed E-state index contributed by atoms with van der Waals surface area (Å²) < 4.78 is 15.5. The molecule has 0 aliphatic carbocycles. The second-order valence-electron chi connectivity index (χ2n) is 5.03. The molecule has 26 heavy (non-hydrogen) atoms. The molecule has 0 atom stereocenters. The van der Waals surface area contributed by atoms with E-state index < -0.39 is 0 Å². The van der Waals surface area contributed by atoms with E-state index in [1.54, 1.807) is 42.5 Å². The molecule has 2 rings (SSSR count). The predicted octanol–water partition coefficient (Wildman–Crippen LogP) is 3.91. The first-order valence-corrected chi connectivity index (χ1v) is 7.95. The van der Waals surface area contributed by atoms with E-state index in [1.807, 2.05) is 6.07 Å². The largest absolute Gasteiger partial charge is 0.495 e. The van der Waals surface area contributed by atoms with Crippen LogP contribution < -0.4 is 19.5 Å². The number of methoxy groups -OCH3 is 2. The summed E-state index contributed by atoms with van der Waals surface area (Å²) in [5.41, 5.74) is 1.30. The van der Waals surface area contributed by atoms with Gasteiger partial charge in [-0.05, 0) is 42.0 Å². The number of hydrogen-bond donors (Lipinski definition) is 1. The Kier molecular flexibility index (Phi) is 6.89. The highest BCUT2D eigenvalue weighted by atomic mass is 35.5. The maximum Gasteiger partial charge on any atom is 0.248 e. The lowest BCUT2D eigenvalue weighted by molar-refractivity contribution is -0.111. The Hall–Kier alpha value is -3.17. The van der Waals surface area contributed by atoms with Crippen molar-refractivity contribution in [2.75, 3.05) is 26.1 Å². The lowest BCUT2D eigenvalue weighted by atomic mass is 10.2. The Morgan fingerprint density at radius 1 is 1.15 bits per heavy atom. The summed E-state index contributed by atoms with van der Waals surface area (Å²) in [6, 6.07) is 12.0. The molecule has 1 amide bonds. The van der Waals surface area contributed by atoms with Crippen LogP contribution in [0.1, 0.15) is 5.56 Å². The smallest absolute Gasteiger partial charge is 0.248 e. The van der Waals surface area contributed by atoms with Crippen molar-refractivity contribution in [3.05, 3.63) is 53.1 Å². The third-order valence-corrected chi connectivity index (χ3v) is 3.62. The van der Waals surface area contributed by atoms with Gasteiger partial charge in [0.1, 0.15) is 11.8 Å². The molecule has 0 fully saturated rings. The molecule has 0 aliphatic rings. The van der Waals surface area contributed by atoms with Crippen LogP contribution in [0.25, 0.3) is 6.08 Å². The minimum atomic E-state index is -0.310. The van der Waals surface area contributed by atoms with E-state index in [0.717, 1.165) is 5.56 Å². The molecule has 0 unspecified atom stereocenters. The van der Waals surface area contributed by atoms with Crippen LogP contribution in [-0.2, 0) is 4.79 Å². The van der Waals surface area contributed by atoms with E-state index >= 15 is 0 Å². The Morgan fingerprint density at radius 3 is 2.54 bits per heavy atom. The number of carbonyl (C=O) groups is 1. The number of rotatable bonds is 7. The standard InChI is InChI=1S/C19H17ClN2O4/c1-24-16-7-5-14(12-15(16)20)22-19(23)8-4-13-3-6-17(26-10-9-21)18(11-13)25-2/h3-8,11-12H,10H2,1-2H3,(H,22,23). The average Bonchev–Trinajstić information content (AvgIpc) is 2.65. The topological polar surface area (TPSA) is 80.6 Å². The summed E-state index contributed by atoms with van der Waals surface area (Å²) in [4.78, 5) is 12.1. The number of nitriles is 1. The normalized spacial score (nSPS) is 10.2. The van der Waals surface area contributed by atoms with Crippen molar-refractivity contribution in [2.24, 2.45) is 0 Å². The third kappa shape index (κ3) is 5.16. The van der Waals surface area contributed by atoms with Crippen molar-refractivity contribution >= 4 is 29.3 Å². The first-order chi connectivity index (χ1) is 12.6. The Labute approximate surface area is 156 Å². The quantitative estimate of drug-likeness (QED) is 0.745. The minimum Gasteiger partial charge on any atom is -0.495 e. The first kappa shape index (κ1) is 19.2. The summed E-state index contributed by atoms with van der Waals surface area (Å²) in [7, 11) is 3.02. The van der Waals surface area contributed by atoms with E-state index in [1.165, 1.54) is 20.3 Å². The van der Waals surface area contributed by atoms with Crippen LogP contribution in [0, 0.1) is 11.3 Å². The Bertz CT molecular complexity index is 859. The zero-order chi connectivity index (χ0) is 18.9. The van der Waals surface area contributed by atoms with Crippen LogP contribution in [0.2, 0.25) is 5.02 Å². The van der Waals surface area contributed by atoms with Crippen molar-refractivity contribution < 1.29 is 19.0 Å². The van der Waals surface area contributed by atoms with Crippen LogP contribution >= 0.6 is 11.6 Å². The van der Waals surface area contributed by atoms with Crippen molar-refractivity contribution in [1.29, 1.82) is 5.26 Å². The highest BCUT2D eigenvalue weighted by Gasteiger charge is 2.06. The Morgan fingerprint density at radius 2 is 1.88 bits per heavy atom. The summed E-state index contributed by atoms with van der Waals surface area (Å²) in [5, 5.41) is 11.7. The van der Waals surface area contributed by atoms with Gasteiger partial charge in [-0.25, -0.2) is 0 Å². The van der Waals surface area contributed by atoms with Gasteiger partial charge in [-0.15, -0.1) is 0 Å². The minimum absolute atomic E-state index is 0.0711. The molecule has 0 radical (unpaired) electrons. The van der Waals surface area contributed by atoms with Gasteiger partial charge in [0, 0.05) is 11.8 Å². The van der Waals surface area contributed by atoms with E-state index in [2.05, 4.69) is 5.32 Å². The van der Waals surface area contributed by atoms with Gasteiger partial charge in [-0.1, -0.05) is 17.7 Å². The fourth-order valence-electron chi connectivity index (χ4n) is 2.12. The monoisotopic (exact) mass is 372 g/mol. The van der Waals surface area contributed by atoms with Crippen molar-refractivity contribution in [3.63, 3.8) is 0 Å². The molecule has 0 aromatic heterocycles. The number of anilines is 1. The van der Waals surface area contributed by atoms with Gasteiger partial charge in [-0.2, -0.15) is 5.26 Å². The summed E-state index contributed by atoms with van der Waals surface area (Å²) in [6.07, 6.45) is 3.03. The van der Waals surface area contributed by atoms with E-state index in [0.29, 0.717) is 28.0 Å². The second-order valence-corrected chi connectivity index (χ2v) is 5.44. The summed E-state index contributed by atoms with van der Waals surface area (Å²) in [6.45, 7) is -0.0711. The van der Waals surface area contributed by atoms with Crippen LogP contribution in [0.5, 0.6) is 17.2 Å². The van der Waals surface area contributed by atoms with Crippen molar-refractivity contribution in [1.82, 2.24) is 0 Å². The molecular formula is C19H17ClN2O4. The maximum absolute atomic E-state index is 12.1. The summed E-state index contributed by atoms with van der Waals surface area (Å²) in [5.74, 6) is 1.16. The van der Waals surface area contributed by atoms with Gasteiger partial charge in [0.25, 0.3) is 0 Å².